The summed E-state index contributed by atoms with van der Waals surface area (Å²) in [7, 11) is 0. The summed E-state index contributed by atoms with van der Waals surface area (Å²) in [6.07, 6.45) is 1.71. The summed E-state index contributed by atoms with van der Waals surface area (Å²) >= 11 is 4.87. The Labute approximate surface area is 91.4 Å². The third kappa shape index (κ3) is 2.16. The molecule has 0 bridgehead atoms. The first-order valence-corrected chi connectivity index (χ1v) is 4.73. The van der Waals surface area contributed by atoms with E-state index in [0.29, 0.717) is 5.82 Å². The van der Waals surface area contributed by atoms with Crippen LogP contribution in [0.15, 0.2) is 18.3 Å². The van der Waals surface area contributed by atoms with Gasteiger partial charge in [0.05, 0.1) is 0 Å². The van der Waals surface area contributed by atoms with Crippen LogP contribution in [0.5, 0.6) is 0 Å². The van der Waals surface area contributed by atoms with Gasteiger partial charge >= 0.3 is 0 Å². The summed E-state index contributed by atoms with van der Waals surface area (Å²) in [4.78, 5) is 14.8. The molecule has 0 atom stereocenters. The van der Waals surface area contributed by atoms with E-state index in [0.717, 1.165) is 11.3 Å². The Morgan fingerprint density at radius 2 is 2.13 bits per heavy atom. The van der Waals surface area contributed by atoms with E-state index in [-0.39, 0.29) is 10.7 Å². The number of nitrogen functional groups attached to an aromatic ring is 1. The highest BCUT2D eigenvalue weighted by atomic mass is 32.1. The zero-order valence-electron chi connectivity index (χ0n) is 8.06. The number of pyridine rings is 1. The molecule has 0 amide bonds. The minimum absolute atomic E-state index is 0.224. The van der Waals surface area contributed by atoms with Gasteiger partial charge in [0.2, 0.25) is 10.7 Å². The van der Waals surface area contributed by atoms with Crippen LogP contribution >= 0.6 is 12.2 Å². The second-order valence-electron chi connectivity index (χ2n) is 3.05. The first-order chi connectivity index (χ1) is 7.15. The number of aromatic nitrogens is 4. The van der Waals surface area contributed by atoms with Crippen LogP contribution in [0.2, 0.25) is 0 Å². The van der Waals surface area contributed by atoms with E-state index in [1.807, 2.05) is 19.1 Å². The van der Waals surface area contributed by atoms with E-state index in [2.05, 4.69) is 19.9 Å². The van der Waals surface area contributed by atoms with Gasteiger partial charge in [0.15, 0.2) is 0 Å². The number of nitrogens with two attached hydrogens (primary N) is 1. The Morgan fingerprint density at radius 1 is 1.33 bits per heavy atom. The van der Waals surface area contributed by atoms with Crippen LogP contribution in [-0.2, 0) is 0 Å². The largest absolute Gasteiger partial charge is 0.369 e. The van der Waals surface area contributed by atoms with Crippen LogP contribution in [-0.4, -0.2) is 19.9 Å². The number of hydrogen-bond acceptors (Lipinski definition) is 5. The van der Waals surface area contributed by atoms with Crippen molar-refractivity contribution in [2.24, 2.45) is 0 Å². The number of nitrogens with one attached hydrogen (secondary N) is 1. The van der Waals surface area contributed by atoms with Gasteiger partial charge in [-0.3, -0.25) is 4.98 Å². The lowest BCUT2D eigenvalue weighted by Gasteiger charge is -2.01. The highest BCUT2D eigenvalue weighted by Gasteiger charge is 2.01. The number of aryl methyl sites for hydroxylation is 1. The molecule has 0 aliphatic heterocycles. The summed E-state index contributed by atoms with van der Waals surface area (Å²) in [5.74, 6) is 0.838. The van der Waals surface area contributed by atoms with Crippen molar-refractivity contribution >= 4 is 18.2 Å². The molecule has 15 heavy (non-hydrogen) atoms. The number of rotatable bonds is 1. The van der Waals surface area contributed by atoms with Crippen molar-refractivity contribution in [3.8, 4) is 11.4 Å². The third-order valence-corrected chi connectivity index (χ3v) is 2.04. The molecule has 0 saturated heterocycles. The summed E-state index contributed by atoms with van der Waals surface area (Å²) in [5, 5.41) is 0. The van der Waals surface area contributed by atoms with Crippen molar-refractivity contribution in [1.82, 2.24) is 19.9 Å². The standard InChI is InChI=1S/C9H9N5S/c1-5-2-3-6(4-11-5)7-12-8(10)14-9(15)13-7/h2-4H,1H3,(H3,10,12,13,14,15). The topological polar surface area (TPSA) is 80.5 Å². The van der Waals surface area contributed by atoms with Gasteiger partial charge in [0.25, 0.3) is 0 Å². The van der Waals surface area contributed by atoms with Gasteiger partial charge < -0.3 is 10.7 Å². The average Bonchev–Trinajstić information content (AvgIpc) is 2.17. The Balaban J connectivity index is 2.54. The van der Waals surface area contributed by atoms with E-state index in [1.165, 1.54) is 0 Å². The van der Waals surface area contributed by atoms with E-state index >= 15 is 0 Å². The van der Waals surface area contributed by atoms with Crippen LogP contribution in [0, 0.1) is 11.7 Å². The van der Waals surface area contributed by atoms with Crippen molar-refractivity contribution in [1.29, 1.82) is 0 Å². The Hall–Kier alpha value is -1.82. The van der Waals surface area contributed by atoms with Crippen LogP contribution in [0.3, 0.4) is 0 Å². The monoisotopic (exact) mass is 219 g/mol. The fraction of sp³-hybridized carbons (Fsp3) is 0.111. The van der Waals surface area contributed by atoms with Crippen molar-refractivity contribution in [2.75, 3.05) is 5.73 Å². The SMILES string of the molecule is Cc1ccc(-c2nc(=S)nc(N)[nH]2)cn1. The molecule has 2 heterocycles. The zero-order chi connectivity index (χ0) is 10.8. The van der Waals surface area contributed by atoms with Crippen LogP contribution in [0.25, 0.3) is 11.4 Å². The van der Waals surface area contributed by atoms with Crippen LogP contribution < -0.4 is 5.73 Å². The lowest BCUT2D eigenvalue weighted by atomic mass is 10.2. The van der Waals surface area contributed by atoms with Crippen molar-refractivity contribution in [3.05, 3.63) is 28.8 Å². The summed E-state index contributed by atoms with van der Waals surface area (Å²) in [5.41, 5.74) is 7.31. The maximum Gasteiger partial charge on any atom is 0.224 e. The molecule has 3 N–H and O–H groups in total. The fourth-order valence-electron chi connectivity index (χ4n) is 1.15. The molecule has 6 heteroatoms. The Morgan fingerprint density at radius 3 is 2.73 bits per heavy atom. The van der Waals surface area contributed by atoms with Gasteiger partial charge in [-0.15, -0.1) is 0 Å². The number of nitrogens with zero attached hydrogens (tertiary/aromatic N) is 3. The fourth-order valence-corrected chi connectivity index (χ4v) is 1.34. The molecule has 0 radical (unpaired) electrons. The highest BCUT2D eigenvalue weighted by molar-refractivity contribution is 7.71. The van der Waals surface area contributed by atoms with Crippen molar-refractivity contribution in [3.63, 3.8) is 0 Å². The number of hydrogen-bond donors (Lipinski definition) is 2. The summed E-state index contributed by atoms with van der Waals surface area (Å²) in [6, 6.07) is 3.79. The first-order valence-electron chi connectivity index (χ1n) is 4.32. The molecule has 0 aromatic carbocycles. The average molecular weight is 219 g/mol. The zero-order valence-corrected chi connectivity index (χ0v) is 8.88. The van der Waals surface area contributed by atoms with E-state index in [9.17, 15) is 0 Å². The van der Waals surface area contributed by atoms with E-state index < -0.39 is 0 Å². The molecular weight excluding hydrogens is 210 g/mol. The summed E-state index contributed by atoms with van der Waals surface area (Å²) < 4.78 is 0.224. The van der Waals surface area contributed by atoms with Gasteiger partial charge in [0, 0.05) is 17.5 Å². The van der Waals surface area contributed by atoms with Crippen LogP contribution in [0.1, 0.15) is 5.69 Å². The van der Waals surface area contributed by atoms with Crippen molar-refractivity contribution < 1.29 is 0 Å². The molecule has 5 nitrogen and oxygen atoms in total. The number of aromatic amines is 1. The lowest BCUT2D eigenvalue weighted by Crippen LogP contribution is -2.00. The molecule has 0 fully saturated rings. The normalized spacial score (nSPS) is 10.2. The first kappa shape index (κ1) is 9.72. The third-order valence-electron chi connectivity index (χ3n) is 1.85. The smallest absolute Gasteiger partial charge is 0.224 e. The van der Waals surface area contributed by atoms with Gasteiger partial charge in [0.1, 0.15) is 5.82 Å². The van der Waals surface area contributed by atoms with E-state index in [1.54, 1.807) is 6.20 Å². The second kappa shape index (κ2) is 3.74. The molecule has 2 rings (SSSR count). The minimum atomic E-state index is 0.224. The van der Waals surface area contributed by atoms with Gasteiger partial charge in [-0.25, -0.2) is 4.98 Å². The minimum Gasteiger partial charge on any atom is -0.369 e. The maximum absolute atomic E-state index is 5.53. The molecule has 2 aromatic rings. The highest BCUT2D eigenvalue weighted by Crippen LogP contribution is 2.13. The predicted octanol–water partition coefficient (Wildman–Crippen LogP) is 1.49. The van der Waals surface area contributed by atoms with Gasteiger partial charge in [-0.1, -0.05) is 0 Å². The van der Waals surface area contributed by atoms with Gasteiger partial charge in [-0.2, -0.15) is 4.98 Å². The molecule has 0 spiro atoms. The summed E-state index contributed by atoms with van der Waals surface area (Å²) in [6.45, 7) is 1.92. The molecule has 0 aliphatic rings. The quantitative estimate of drug-likeness (QED) is 0.710. The number of anilines is 1. The second-order valence-corrected chi connectivity index (χ2v) is 3.42. The van der Waals surface area contributed by atoms with Gasteiger partial charge in [-0.05, 0) is 31.3 Å². The van der Waals surface area contributed by atoms with Crippen LogP contribution in [0.4, 0.5) is 5.95 Å². The lowest BCUT2D eigenvalue weighted by molar-refractivity contribution is 1.04. The number of H-pyrrole nitrogens is 1. The maximum atomic E-state index is 5.53. The Bertz CT molecular complexity index is 531. The molecule has 0 aliphatic carbocycles. The molecule has 0 saturated carbocycles. The molecular formula is C9H9N5S. The van der Waals surface area contributed by atoms with Crippen molar-refractivity contribution in [2.45, 2.75) is 6.92 Å². The Kier molecular flexibility index (Phi) is 2.42. The van der Waals surface area contributed by atoms with E-state index in [4.69, 9.17) is 18.0 Å². The molecule has 2 aromatic heterocycles. The predicted molar refractivity (Wildman–Crippen MR) is 59.6 cm³/mol. The molecule has 76 valence electrons. The molecule has 0 unspecified atom stereocenters.